The third-order valence-electron chi connectivity index (χ3n) is 6.71. The number of anilines is 1. The van der Waals surface area contributed by atoms with Crippen LogP contribution in [0.15, 0.2) is 6.07 Å². The fourth-order valence-electron chi connectivity index (χ4n) is 5.06. The fraction of sp³-hybridized carbons (Fsp3) is 0.696. The lowest BCUT2D eigenvalue weighted by atomic mass is 9.95. The first-order valence-electron chi connectivity index (χ1n) is 11.4. The number of pyridine rings is 1. The van der Waals surface area contributed by atoms with Gasteiger partial charge in [0, 0.05) is 26.8 Å². The lowest BCUT2D eigenvalue weighted by molar-refractivity contribution is 0.0691. The molecule has 1 N–H and O–H groups in total. The molecular weight excluding hydrogens is 380 g/mol. The van der Waals surface area contributed by atoms with Gasteiger partial charge in [0.1, 0.15) is 0 Å². The van der Waals surface area contributed by atoms with Gasteiger partial charge in [-0.2, -0.15) is 5.10 Å². The Balaban J connectivity index is 1.82. The zero-order chi connectivity index (χ0) is 21.3. The van der Waals surface area contributed by atoms with Gasteiger partial charge in [-0.1, -0.05) is 33.1 Å². The summed E-state index contributed by atoms with van der Waals surface area (Å²) < 4.78 is 7.40. The number of rotatable bonds is 6. The van der Waals surface area contributed by atoms with Gasteiger partial charge in [0.25, 0.3) is 0 Å². The Morgan fingerprint density at radius 1 is 1.20 bits per heavy atom. The first-order chi connectivity index (χ1) is 14.5. The molecule has 2 aromatic rings. The van der Waals surface area contributed by atoms with Crippen LogP contribution in [-0.4, -0.2) is 52.6 Å². The summed E-state index contributed by atoms with van der Waals surface area (Å²) >= 11 is 0. The van der Waals surface area contributed by atoms with Crippen LogP contribution in [0.1, 0.15) is 86.9 Å². The van der Waals surface area contributed by atoms with E-state index in [-0.39, 0.29) is 11.6 Å². The van der Waals surface area contributed by atoms with Crippen LogP contribution in [0.25, 0.3) is 11.0 Å². The Labute approximate surface area is 178 Å². The minimum Gasteiger partial charge on any atom is -0.477 e. The summed E-state index contributed by atoms with van der Waals surface area (Å²) in [6.45, 7) is 6.91. The summed E-state index contributed by atoms with van der Waals surface area (Å²) in [5.74, 6) is -0.161. The van der Waals surface area contributed by atoms with E-state index in [1.807, 2.05) is 0 Å². The Kier molecular flexibility index (Phi) is 6.27. The van der Waals surface area contributed by atoms with Crippen molar-refractivity contribution in [2.24, 2.45) is 5.92 Å². The largest absolute Gasteiger partial charge is 0.477 e. The van der Waals surface area contributed by atoms with Crippen molar-refractivity contribution in [1.82, 2.24) is 14.8 Å². The number of hydrogen-bond acceptors (Lipinski definition) is 5. The predicted molar refractivity (Wildman–Crippen MR) is 118 cm³/mol. The van der Waals surface area contributed by atoms with Gasteiger partial charge >= 0.3 is 5.97 Å². The molecular formula is C23H34N4O3. The fourth-order valence-corrected chi connectivity index (χ4v) is 5.06. The van der Waals surface area contributed by atoms with E-state index >= 15 is 0 Å². The van der Waals surface area contributed by atoms with E-state index in [9.17, 15) is 9.90 Å². The number of carboxylic acid groups (broad SMARTS) is 1. The van der Waals surface area contributed by atoms with Gasteiger partial charge in [-0.05, 0) is 43.6 Å². The van der Waals surface area contributed by atoms with Gasteiger partial charge in [-0.3, -0.25) is 0 Å². The van der Waals surface area contributed by atoms with Crippen LogP contribution >= 0.6 is 0 Å². The number of aromatic carboxylic acids is 1. The summed E-state index contributed by atoms with van der Waals surface area (Å²) in [5.41, 5.74) is 2.89. The molecule has 1 aliphatic carbocycles. The molecule has 3 heterocycles. The van der Waals surface area contributed by atoms with Crippen molar-refractivity contribution in [3.8, 4) is 0 Å². The molecule has 4 rings (SSSR count). The maximum Gasteiger partial charge on any atom is 0.354 e. The lowest BCUT2D eigenvalue weighted by Crippen LogP contribution is -2.35. The standard InChI is InChI=1S/C23H34N4O3/c1-15(2)21-20-19(26-11-9-16(10-12-26)14-30-3)13-18(23(28)29)24-22(20)27(25-21)17-7-5-4-6-8-17/h13,15-17H,4-12,14H2,1-3H3,(H,28,29). The maximum absolute atomic E-state index is 11.9. The molecule has 30 heavy (non-hydrogen) atoms. The molecule has 0 unspecified atom stereocenters. The molecule has 7 heteroatoms. The van der Waals surface area contributed by atoms with E-state index in [2.05, 4.69) is 28.4 Å². The molecule has 164 valence electrons. The number of carbonyl (C=O) groups is 1. The summed E-state index contributed by atoms with van der Waals surface area (Å²) in [7, 11) is 1.76. The summed E-state index contributed by atoms with van der Waals surface area (Å²) in [6.07, 6.45) is 7.93. The number of nitrogens with zero attached hydrogens (tertiary/aromatic N) is 4. The van der Waals surface area contributed by atoms with Gasteiger partial charge in [-0.25, -0.2) is 14.5 Å². The Morgan fingerprint density at radius 3 is 2.50 bits per heavy atom. The Hall–Kier alpha value is -2.15. The van der Waals surface area contributed by atoms with E-state index in [0.717, 1.165) is 67.8 Å². The molecule has 0 atom stereocenters. The molecule has 0 spiro atoms. The van der Waals surface area contributed by atoms with Gasteiger partial charge < -0.3 is 14.7 Å². The molecule has 0 radical (unpaired) electrons. The van der Waals surface area contributed by atoms with Crippen molar-refractivity contribution in [3.05, 3.63) is 17.5 Å². The number of methoxy groups -OCH3 is 1. The molecule has 2 aromatic heterocycles. The van der Waals surface area contributed by atoms with Crippen LogP contribution in [0.5, 0.6) is 0 Å². The first kappa shape index (κ1) is 21.1. The quantitative estimate of drug-likeness (QED) is 0.743. The Bertz CT molecular complexity index is 893. The van der Waals surface area contributed by atoms with Gasteiger partial charge in [0.15, 0.2) is 11.3 Å². The normalized spacial score (nSPS) is 19.1. The minimum atomic E-state index is -0.977. The van der Waals surface area contributed by atoms with E-state index in [4.69, 9.17) is 9.84 Å². The average Bonchev–Trinajstić information content (AvgIpc) is 3.14. The zero-order valence-electron chi connectivity index (χ0n) is 18.4. The van der Waals surface area contributed by atoms with Crippen LogP contribution < -0.4 is 4.90 Å². The van der Waals surface area contributed by atoms with E-state index < -0.39 is 5.97 Å². The van der Waals surface area contributed by atoms with E-state index in [1.165, 1.54) is 19.3 Å². The monoisotopic (exact) mass is 414 g/mol. The second kappa shape index (κ2) is 8.92. The number of ether oxygens (including phenoxy) is 1. The van der Waals surface area contributed by atoms with Crippen LogP contribution in [0.4, 0.5) is 5.69 Å². The molecule has 2 fully saturated rings. The smallest absolute Gasteiger partial charge is 0.354 e. The van der Waals surface area contributed by atoms with Crippen LogP contribution in [0, 0.1) is 5.92 Å². The van der Waals surface area contributed by atoms with Crippen molar-refractivity contribution < 1.29 is 14.6 Å². The minimum absolute atomic E-state index is 0.115. The second-order valence-corrected chi connectivity index (χ2v) is 9.19. The number of carboxylic acids is 1. The molecule has 1 saturated carbocycles. The topological polar surface area (TPSA) is 80.5 Å². The lowest BCUT2D eigenvalue weighted by Gasteiger charge is -2.34. The molecule has 7 nitrogen and oxygen atoms in total. The molecule has 1 saturated heterocycles. The van der Waals surface area contributed by atoms with E-state index in [1.54, 1.807) is 13.2 Å². The van der Waals surface area contributed by atoms with Crippen molar-refractivity contribution in [3.63, 3.8) is 0 Å². The summed E-state index contributed by atoms with van der Waals surface area (Å²) in [4.78, 5) is 18.9. The van der Waals surface area contributed by atoms with Crippen molar-refractivity contribution in [2.45, 2.75) is 70.8 Å². The average molecular weight is 415 g/mol. The number of hydrogen-bond donors (Lipinski definition) is 1. The SMILES string of the molecule is COCC1CCN(c2cc(C(=O)O)nc3c2c(C(C)C)nn3C2CCCCC2)CC1. The van der Waals surface area contributed by atoms with Crippen molar-refractivity contribution in [2.75, 3.05) is 31.7 Å². The third-order valence-corrected chi connectivity index (χ3v) is 6.71. The van der Waals surface area contributed by atoms with Gasteiger partial charge in [0.2, 0.25) is 0 Å². The molecule has 2 aliphatic rings. The molecule has 0 amide bonds. The maximum atomic E-state index is 11.9. The molecule has 0 bridgehead atoms. The highest BCUT2D eigenvalue weighted by atomic mass is 16.5. The van der Waals surface area contributed by atoms with E-state index in [0.29, 0.717) is 12.0 Å². The van der Waals surface area contributed by atoms with Crippen LogP contribution in [0.2, 0.25) is 0 Å². The number of piperidine rings is 1. The van der Waals surface area contributed by atoms with Crippen molar-refractivity contribution >= 4 is 22.7 Å². The molecule has 0 aromatic carbocycles. The predicted octanol–water partition coefficient (Wildman–Crippen LogP) is 4.62. The van der Waals surface area contributed by atoms with Crippen molar-refractivity contribution in [1.29, 1.82) is 0 Å². The Morgan fingerprint density at radius 2 is 1.90 bits per heavy atom. The highest BCUT2D eigenvalue weighted by Gasteiger charge is 2.29. The zero-order valence-corrected chi connectivity index (χ0v) is 18.4. The van der Waals surface area contributed by atoms with Gasteiger partial charge in [-0.15, -0.1) is 0 Å². The third kappa shape index (κ3) is 4.04. The number of fused-ring (bicyclic) bond motifs is 1. The van der Waals surface area contributed by atoms with Gasteiger partial charge in [0.05, 0.1) is 22.8 Å². The first-order valence-corrected chi connectivity index (χ1v) is 11.4. The summed E-state index contributed by atoms with van der Waals surface area (Å²) in [6, 6.07) is 2.07. The highest BCUT2D eigenvalue weighted by Crippen LogP contribution is 2.38. The summed E-state index contributed by atoms with van der Waals surface area (Å²) in [5, 5.41) is 15.8. The molecule has 1 aliphatic heterocycles. The van der Waals surface area contributed by atoms with Crippen LogP contribution in [-0.2, 0) is 4.74 Å². The highest BCUT2D eigenvalue weighted by molar-refractivity contribution is 5.98. The van der Waals surface area contributed by atoms with Crippen LogP contribution in [0.3, 0.4) is 0 Å². The second-order valence-electron chi connectivity index (χ2n) is 9.19. The number of aromatic nitrogens is 3.